The second-order valence-corrected chi connectivity index (χ2v) is 17.8. The molecular formula is C24H31BrF3NO4SSi. The molecule has 0 radical (unpaired) electrons. The number of fused-ring (bicyclic) bond motifs is 1. The van der Waals surface area contributed by atoms with E-state index in [0.29, 0.717) is 35.7 Å². The van der Waals surface area contributed by atoms with Gasteiger partial charge in [-0.05, 0) is 67.4 Å². The molecule has 5 nitrogen and oxygen atoms in total. The predicted octanol–water partition coefficient (Wildman–Crippen LogP) is 7.23. The maximum Gasteiger partial charge on any atom is 0.416 e. The Bertz CT molecular complexity index is 1170. The Kier molecular flexibility index (Phi) is 8.06. The van der Waals surface area contributed by atoms with Crippen molar-refractivity contribution in [2.45, 2.75) is 68.9 Å². The number of sulfonamides is 1. The summed E-state index contributed by atoms with van der Waals surface area (Å²) in [5.41, 5.74) is -0.730. The standard InChI is InChI=1S/C24H31BrF3NO4SSi/c1-23(2,3)35(4,5)32-13-7-9-19-16-29(21-15-18(25)11-12-22(21)33-19)34(30,31)20-10-6-8-17(14-20)24(26,27)28/h6,8,10-12,14-15,19H,7,9,13,16H2,1-5H3/t19-/m0/s1. The smallest absolute Gasteiger partial charge is 0.416 e. The summed E-state index contributed by atoms with van der Waals surface area (Å²) >= 11 is 3.34. The van der Waals surface area contributed by atoms with E-state index in [4.69, 9.17) is 9.16 Å². The Morgan fingerprint density at radius 2 is 1.83 bits per heavy atom. The molecule has 11 heteroatoms. The molecule has 0 aliphatic carbocycles. The summed E-state index contributed by atoms with van der Waals surface area (Å²) in [4.78, 5) is -0.417. The lowest BCUT2D eigenvalue weighted by atomic mass is 10.1. The summed E-state index contributed by atoms with van der Waals surface area (Å²) in [7, 11) is -6.18. The molecule has 1 aliphatic heterocycles. The van der Waals surface area contributed by atoms with E-state index in [2.05, 4.69) is 49.8 Å². The van der Waals surface area contributed by atoms with Gasteiger partial charge in [-0.3, -0.25) is 4.31 Å². The molecule has 1 heterocycles. The summed E-state index contributed by atoms with van der Waals surface area (Å²) in [6.07, 6.45) is -3.91. The molecule has 1 atom stereocenters. The molecule has 0 amide bonds. The van der Waals surface area contributed by atoms with Crippen LogP contribution in [0, 0.1) is 0 Å². The fraction of sp³-hybridized carbons (Fsp3) is 0.500. The number of halogens is 4. The summed E-state index contributed by atoms with van der Waals surface area (Å²) in [6.45, 7) is 11.3. The van der Waals surface area contributed by atoms with Crippen LogP contribution in [0.1, 0.15) is 39.2 Å². The molecule has 0 saturated carbocycles. The summed E-state index contributed by atoms with van der Waals surface area (Å²) in [6, 6.07) is 8.80. The SMILES string of the molecule is CC(C)(C)[Si](C)(C)OCCC[C@H]1CN(S(=O)(=O)c2cccc(C(F)(F)F)c2)c2cc(Br)ccc2O1. The summed E-state index contributed by atoms with van der Waals surface area (Å²) in [5, 5.41) is 0.0799. The molecule has 0 fully saturated rings. The number of anilines is 1. The highest BCUT2D eigenvalue weighted by Crippen LogP contribution is 2.41. The molecule has 2 aromatic rings. The number of benzene rings is 2. The second-order valence-electron chi connectivity index (χ2n) is 10.2. The van der Waals surface area contributed by atoms with Crippen molar-refractivity contribution in [3.63, 3.8) is 0 Å². The van der Waals surface area contributed by atoms with Crippen LogP contribution in [0.4, 0.5) is 18.9 Å². The first-order valence-electron chi connectivity index (χ1n) is 11.3. The van der Waals surface area contributed by atoms with Gasteiger partial charge < -0.3 is 9.16 Å². The van der Waals surface area contributed by atoms with Crippen LogP contribution in [0.2, 0.25) is 18.1 Å². The van der Waals surface area contributed by atoms with Gasteiger partial charge in [-0.2, -0.15) is 13.2 Å². The normalized spacial score (nSPS) is 17.2. The zero-order chi connectivity index (χ0) is 26.2. The minimum absolute atomic E-state index is 0.0118. The number of nitrogens with zero attached hydrogens (tertiary/aromatic N) is 1. The Morgan fingerprint density at radius 3 is 2.46 bits per heavy atom. The Balaban J connectivity index is 1.84. The van der Waals surface area contributed by atoms with E-state index < -0.39 is 41.1 Å². The Hall–Kier alpha value is -1.56. The monoisotopic (exact) mass is 593 g/mol. The molecular weight excluding hydrogens is 563 g/mol. The lowest BCUT2D eigenvalue weighted by Crippen LogP contribution is -2.44. The number of ether oxygens (including phenoxy) is 1. The Morgan fingerprint density at radius 1 is 1.14 bits per heavy atom. The van der Waals surface area contributed by atoms with Crippen LogP contribution >= 0.6 is 15.9 Å². The van der Waals surface area contributed by atoms with E-state index in [0.717, 1.165) is 16.4 Å². The van der Waals surface area contributed by atoms with Crippen LogP contribution in [-0.2, 0) is 20.6 Å². The molecule has 0 N–H and O–H groups in total. The molecule has 0 saturated heterocycles. The van der Waals surface area contributed by atoms with E-state index >= 15 is 0 Å². The molecule has 194 valence electrons. The molecule has 2 aromatic carbocycles. The van der Waals surface area contributed by atoms with Gasteiger partial charge in [0.05, 0.1) is 22.7 Å². The van der Waals surface area contributed by atoms with Crippen LogP contribution in [-0.4, -0.2) is 36.0 Å². The minimum atomic E-state index is -4.65. The highest BCUT2D eigenvalue weighted by Gasteiger charge is 2.38. The number of hydrogen-bond acceptors (Lipinski definition) is 4. The third-order valence-corrected chi connectivity index (χ3v) is 13.3. The predicted molar refractivity (Wildman–Crippen MR) is 137 cm³/mol. The maximum atomic E-state index is 13.5. The van der Waals surface area contributed by atoms with Crippen molar-refractivity contribution >= 4 is 40.0 Å². The average molecular weight is 595 g/mol. The molecule has 0 spiro atoms. The van der Waals surface area contributed by atoms with Gasteiger partial charge in [0, 0.05) is 11.1 Å². The fourth-order valence-electron chi connectivity index (χ4n) is 3.48. The van der Waals surface area contributed by atoms with Crippen molar-refractivity contribution in [2.75, 3.05) is 17.5 Å². The quantitative estimate of drug-likeness (QED) is 0.251. The van der Waals surface area contributed by atoms with Gasteiger partial charge in [0.1, 0.15) is 11.9 Å². The van der Waals surface area contributed by atoms with E-state index in [1.807, 2.05) is 0 Å². The van der Waals surface area contributed by atoms with Crippen LogP contribution in [0.25, 0.3) is 0 Å². The van der Waals surface area contributed by atoms with Crippen LogP contribution < -0.4 is 9.04 Å². The summed E-state index contributed by atoms with van der Waals surface area (Å²) in [5.74, 6) is 0.366. The second kappa shape index (κ2) is 10.1. The third-order valence-electron chi connectivity index (χ3n) is 6.54. The lowest BCUT2D eigenvalue weighted by Gasteiger charge is -2.37. The van der Waals surface area contributed by atoms with Crippen molar-refractivity contribution in [2.24, 2.45) is 0 Å². The average Bonchev–Trinajstić information content (AvgIpc) is 2.75. The first-order chi connectivity index (χ1) is 16.0. The Labute approximate surface area is 214 Å². The third kappa shape index (κ3) is 6.42. The van der Waals surface area contributed by atoms with Crippen molar-refractivity contribution in [3.8, 4) is 5.75 Å². The van der Waals surface area contributed by atoms with Gasteiger partial charge in [-0.1, -0.05) is 42.8 Å². The van der Waals surface area contributed by atoms with E-state index in [1.54, 1.807) is 18.2 Å². The van der Waals surface area contributed by atoms with Gasteiger partial charge in [0.15, 0.2) is 8.32 Å². The van der Waals surface area contributed by atoms with Crippen molar-refractivity contribution < 1.29 is 30.8 Å². The summed E-state index contributed by atoms with van der Waals surface area (Å²) < 4.78 is 80.8. The van der Waals surface area contributed by atoms with Crippen LogP contribution in [0.3, 0.4) is 0 Å². The zero-order valence-electron chi connectivity index (χ0n) is 20.4. The fourth-order valence-corrected chi connectivity index (χ4v) is 6.46. The maximum absolute atomic E-state index is 13.5. The molecule has 1 aliphatic rings. The zero-order valence-corrected chi connectivity index (χ0v) is 23.9. The number of alkyl halides is 3. The molecule has 35 heavy (non-hydrogen) atoms. The van der Waals surface area contributed by atoms with Crippen molar-refractivity contribution in [1.82, 2.24) is 0 Å². The van der Waals surface area contributed by atoms with E-state index in [1.165, 1.54) is 6.07 Å². The molecule has 0 bridgehead atoms. The topological polar surface area (TPSA) is 55.8 Å². The first kappa shape index (κ1) is 28.0. The van der Waals surface area contributed by atoms with Gasteiger partial charge in [-0.15, -0.1) is 0 Å². The van der Waals surface area contributed by atoms with Crippen molar-refractivity contribution in [3.05, 3.63) is 52.5 Å². The number of hydrogen-bond donors (Lipinski definition) is 0. The van der Waals surface area contributed by atoms with Gasteiger partial charge in [-0.25, -0.2) is 8.42 Å². The minimum Gasteiger partial charge on any atom is -0.486 e. The number of rotatable bonds is 7. The van der Waals surface area contributed by atoms with Gasteiger partial charge >= 0.3 is 6.18 Å². The van der Waals surface area contributed by atoms with E-state index in [-0.39, 0.29) is 17.3 Å². The molecule has 3 rings (SSSR count). The lowest BCUT2D eigenvalue weighted by molar-refractivity contribution is -0.137. The largest absolute Gasteiger partial charge is 0.486 e. The highest BCUT2D eigenvalue weighted by atomic mass is 79.9. The van der Waals surface area contributed by atoms with Crippen molar-refractivity contribution in [1.29, 1.82) is 0 Å². The first-order valence-corrected chi connectivity index (χ1v) is 16.5. The van der Waals surface area contributed by atoms with Crippen LogP contribution in [0.15, 0.2) is 51.8 Å². The van der Waals surface area contributed by atoms with Crippen LogP contribution in [0.5, 0.6) is 5.75 Å². The molecule has 0 aromatic heterocycles. The van der Waals surface area contributed by atoms with E-state index in [9.17, 15) is 21.6 Å². The highest BCUT2D eigenvalue weighted by molar-refractivity contribution is 9.10. The van der Waals surface area contributed by atoms with Gasteiger partial charge in [0.25, 0.3) is 10.0 Å². The van der Waals surface area contributed by atoms with Gasteiger partial charge in [0.2, 0.25) is 0 Å². The molecule has 0 unspecified atom stereocenters.